The van der Waals surface area contributed by atoms with E-state index in [2.05, 4.69) is 20.6 Å². The summed E-state index contributed by atoms with van der Waals surface area (Å²) in [4.78, 5) is 13.4. The fraction of sp³-hybridized carbons (Fsp3) is 0.571. The molecule has 130 valence electrons. The first-order chi connectivity index (χ1) is 11.3. The molecule has 3 heterocycles. The molecule has 0 aromatic carbocycles. The fourth-order valence-corrected chi connectivity index (χ4v) is 2.68. The molecule has 1 aliphatic heterocycles. The number of nitrogens with one attached hydrogen (secondary N) is 1. The summed E-state index contributed by atoms with van der Waals surface area (Å²) in [6.45, 7) is 3.85. The maximum Gasteiger partial charge on any atom is 0.453 e. The molecule has 0 bridgehead atoms. The molecular weight excluding hydrogens is 325 g/mol. The smallest absolute Gasteiger partial charge is 0.368 e. The summed E-state index contributed by atoms with van der Waals surface area (Å²) in [5.41, 5.74) is 0.0311. The number of carbonyl (C=O) groups is 1. The highest BCUT2D eigenvalue weighted by molar-refractivity contribution is 5.78. The molecule has 0 unspecified atom stereocenters. The number of aromatic nitrogens is 4. The van der Waals surface area contributed by atoms with E-state index in [9.17, 15) is 18.0 Å². The Morgan fingerprint density at radius 3 is 2.79 bits per heavy atom. The standard InChI is InChI=1S/C14H17F3N6O/c1-9(8-22-6-2-3-12(22)24)7-18-10-4-5-11-19-20-13(14(15,16)17)23(11)21-10/h4-5,9H,2-3,6-8H2,1H3,(H,18,21)/t9-/m1/s1. The Labute approximate surface area is 135 Å². The van der Waals surface area contributed by atoms with E-state index in [-0.39, 0.29) is 17.5 Å². The van der Waals surface area contributed by atoms with Gasteiger partial charge in [0.25, 0.3) is 5.82 Å². The van der Waals surface area contributed by atoms with Gasteiger partial charge in [-0.3, -0.25) is 4.79 Å². The maximum atomic E-state index is 12.8. The minimum absolute atomic E-state index is 0.0311. The SMILES string of the molecule is C[C@H](CNc1ccc2nnc(C(F)(F)F)n2n1)CN1CCCC1=O. The molecule has 1 N–H and O–H groups in total. The molecule has 2 aromatic rings. The number of amides is 1. The van der Waals surface area contributed by atoms with Crippen LogP contribution in [0.2, 0.25) is 0 Å². The number of halogens is 3. The van der Waals surface area contributed by atoms with Crippen LogP contribution in [0.3, 0.4) is 0 Å². The van der Waals surface area contributed by atoms with Gasteiger partial charge >= 0.3 is 6.18 Å². The number of carbonyl (C=O) groups excluding carboxylic acids is 1. The van der Waals surface area contributed by atoms with Gasteiger partial charge in [-0.05, 0) is 24.5 Å². The van der Waals surface area contributed by atoms with Gasteiger partial charge < -0.3 is 10.2 Å². The molecule has 1 atom stereocenters. The lowest BCUT2D eigenvalue weighted by Gasteiger charge is -2.21. The Hall–Kier alpha value is -2.39. The van der Waals surface area contributed by atoms with E-state index in [0.29, 0.717) is 29.8 Å². The van der Waals surface area contributed by atoms with Gasteiger partial charge in [0.15, 0.2) is 5.65 Å². The summed E-state index contributed by atoms with van der Waals surface area (Å²) in [6, 6.07) is 2.98. The summed E-state index contributed by atoms with van der Waals surface area (Å²) in [6.07, 6.45) is -3.15. The first-order valence-corrected chi connectivity index (χ1v) is 7.66. The van der Waals surface area contributed by atoms with E-state index in [4.69, 9.17) is 0 Å². The predicted molar refractivity (Wildman–Crippen MR) is 79.3 cm³/mol. The normalized spacial score (nSPS) is 16.8. The molecule has 0 radical (unpaired) electrons. The summed E-state index contributed by atoms with van der Waals surface area (Å²) < 4.78 is 39.2. The van der Waals surface area contributed by atoms with Gasteiger partial charge in [-0.15, -0.1) is 15.3 Å². The van der Waals surface area contributed by atoms with Crippen molar-refractivity contribution in [1.82, 2.24) is 24.7 Å². The molecule has 1 saturated heterocycles. The lowest BCUT2D eigenvalue weighted by Crippen LogP contribution is -2.32. The quantitative estimate of drug-likeness (QED) is 0.897. The lowest BCUT2D eigenvalue weighted by atomic mass is 10.1. The van der Waals surface area contributed by atoms with Crippen molar-refractivity contribution >= 4 is 17.4 Å². The third-order valence-corrected chi connectivity index (χ3v) is 3.85. The van der Waals surface area contributed by atoms with E-state index < -0.39 is 12.0 Å². The number of likely N-dealkylation sites (tertiary alicyclic amines) is 1. The molecule has 7 nitrogen and oxygen atoms in total. The van der Waals surface area contributed by atoms with E-state index in [1.807, 2.05) is 11.8 Å². The van der Waals surface area contributed by atoms with Crippen molar-refractivity contribution in [3.05, 3.63) is 18.0 Å². The van der Waals surface area contributed by atoms with E-state index >= 15 is 0 Å². The Morgan fingerprint density at radius 2 is 2.12 bits per heavy atom. The Morgan fingerprint density at radius 1 is 1.33 bits per heavy atom. The van der Waals surface area contributed by atoms with Crippen LogP contribution in [0.15, 0.2) is 12.1 Å². The van der Waals surface area contributed by atoms with Crippen LogP contribution in [-0.4, -0.2) is 50.3 Å². The number of hydrogen-bond acceptors (Lipinski definition) is 5. The highest BCUT2D eigenvalue weighted by Crippen LogP contribution is 2.27. The molecule has 2 aromatic heterocycles. The number of alkyl halides is 3. The van der Waals surface area contributed by atoms with Crippen molar-refractivity contribution in [3.8, 4) is 0 Å². The van der Waals surface area contributed by atoms with Crippen LogP contribution in [-0.2, 0) is 11.0 Å². The predicted octanol–water partition coefficient (Wildman–Crippen LogP) is 1.81. The highest BCUT2D eigenvalue weighted by Gasteiger charge is 2.37. The lowest BCUT2D eigenvalue weighted by molar-refractivity contribution is -0.146. The number of nitrogens with zero attached hydrogens (tertiary/aromatic N) is 5. The average Bonchev–Trinajstić information content (AvgIpc) is 3.11. The minimum Gasteiger partial charge on any atom is -0.368 e. The molecule has 3 rings (SSSR count). The molecule has 1 fully saturated rings. The molecule has 0 saturated carbocycles. The van der Waals surface area contributed by atoms with Gasteiger partial charge in [0.05, 0.1) is 0 Å². The van der Waals surface area contributed by atoms with Gasteiger partial charge in [-0.2, -0.15) is 17.7 Å². The third-order valence-electron chi connectivity index (χ3n) is 3.85. The van der Waals surface area contributed by atoms with Crippen LogP contribution >= 0.6 is 0 Å². The van der Waals surface area contributed by atoms with Crippen molar-refractivity contribution in [1.29, 1.82) is 0 Å². The number of fused-ring (bicyclic) bond motifs is 1. The first-order valence-electron chi connectivity index (χ1n) is 7.66. The molecule has 1 amide bonds. The molecule has 10 heteroatoms. The van der Waals surface area contributed by atoms with Gasteiger partial charge in [0.2, 0.25) is 5.91 Å². The summed E-state index contributed by atoms with van der Waals surface area (Å²) in [7, 11) is 0. The molecule has 0 aliphatic carbocycles. The van der Waals surface area contributed by atoms with E-state index in [0.717, 1.165) is 13.0 Å². The van der Waals surface area contributed by atoms with Crippen molar-refractivity contribution in [2.24, 2.45) is 5.92 Å². The number of rotatable bonds is 5. The van der Waals surface area contributed by atoms with Crippen LogP contribution in [0, 0.1) is 5.92 Å². The number of hydrogen-bond donors (Lipinski definition) is 1. The molecule has 0 spiro atoms. The van der Waals surface area contributed by atoms with Crippen LogP contribution in [0.25, 0.3) is 5.65 Å². The summed E-state index contributed by atoms with van der Waals surface area (Å²) in [5.74, 6) is -0.558. The Kier molecular flexibility index (Phi) is 4.29. The monoisotopic (exact) mass is 342 g/mol. The van der Waals surface area contributed by atoms with Crippen molar-refractivity contribution in [2.75, 3.05) is 25.0 Å². The van der Waals surface area contributed by atoms with Gasteiger partial charge in [-0.1, -0.05) is 6.92 Å². The second-order valence-electron chi connectivity index (χ2n) is 5.94. The van der Waals surface area contributed by atoms with Crippen LogP contribution in [0.1, 0.15) is 25.6 Å². The molecular formula is C14H17F3N6O. The van der Waals surface area contributed by atoms with Crippen molar-refractivity contribution in [2.45, 2.75) is 25.9 Å². The summed E-state index contributed by atoms with van der Waals surface area (Å²) in [5, 5.41) is 13.5. The van der Waals surface area contributed by atoms with E-state index in [1.54, 1.807) is 6.07 Å². The average molecular weight is 342 g/mol. The van der Waals surface area contributed by atoms with Gasteiger partial charge in [-0.25, -0.2) is 0 Å². The zero-order chi connectivity index (χ0) is 17.3. The van der Waals surface area contributed by atoms with Crippen LogP contribution in [0.5, 0.6) is 0 Å². The van der Waals surface area contributed by atoms with Crippen LogP contribution in [0.4, 0.5) is 19.0 Å². The third kappa shape index (κ3) is 3.41. The topological polar surface area (TPSA) is 75.4 Å². The molecule has 24 heavy (non-hydrogen) atoms. The second-order valence-corrected chi connectivity index (χ2v) is 5.94. The second kappa shape index (κ2) is 6.25. The minimum atomic E-state index is -4.62. The fourth-order valence-electron chi connectivity index (χ4n) is 2.68. The first kappa shape index (κ1) is 16.5. The van der Waals surface area contributed by atoms with Gasteiger partial charge in [0.1, 0.15) is 5.82 Å². The zero-order valence-corrected chi connectivity index (χ0v) is 13.0. The number of anilines is 1. The van der Waals surface area contributed by atoms with Crippen molar-refractivity contribution in [3.63, 3.8) is 0 Å². The summed E-state index contributed by atoms with van der Waals surface area (Å²) >= 11 is 0. The van der Waals surface area contributed by atoms with E-state index in [1.165, 1.54) is 6.07 Å². The largest absolute Gasteiger partial charge is 0.453 e. The zero-order valence-electron chi connectivity index (χ0n) is 13.0. The molecule has 1 aliphatic rings. The maximum absolute atomic E-state index is 12.8. The Balaban J connectivity index is 1.65. The van der Waals surface area contributed by atoms with Crippen LogP contribution < -0.4 is 5.32 Å². The highest BCUT2D eigenvalue weighted by atomic mass is 19.4. The Bertz CT molecular complexity index is 744. The van der Waals surface area contributed by atoms with Crippen molar-refractivity contribution < 1.29 is 18.0 Å². The van der Waals surface area contributed by atoms with Gasteiger partial charge in [0, 0.05) is 26.1 Å².